The van der Waals surface area contributed by atoms with Crippen molar-refractivity contribution in [2.75, 3.05) is 45.9 Å². The average Bonchev–Trinajstić information content (AvgIpc) is 2.37. The number of hydrogen-bond acceptors (Lipinski definition) is 4. The van der Waals surface area contributed by atoms with Crippen molar-refractivity contribution in [2.45, 2.75) is 38.6 Å². The Balaban J connectivity index is 2.19. The summed E-state index contributed by atoms with van der Waals surface area (Å²) in [4.78, 5) is 5.11. The Morgan fingerprint density at radius 2 is 1.88 bits per heavy atom. The predicted octanol–water partition coefficient (Wildman–Crippen LogP) is 0.504. The predicted molar refractivity (Wildman–Crippen MR) is 72.1 cm³/mol. The van der Waals surface area contributed by atoms with Crippen molar-refractivity contribution in [3.63, 3.8) is 0 Å². The zero-order valence-corrected chi connectivity index (χ0v) is 11.3. The van der Waals surface area contributed by atoms with Crippen LogP contribution in [0.4, 0.5) is 0 Å². The molecule has 17 heavy (non-hydrogen) atoms. The molecule has 0 saturated carbocycles. The Kier molecular flexibility index (Phi) is 7.77. The molecule has 0 spiro atoms. The van der Waals surface area contributed by atoms with Gasteiger partial charge in [-0.25, -0.2) is 0 Å². The topological polar surface area (TPSA) is 52.7 Å². The summed E-state index contributed by atoms with van der Waals surface area (Å²) in [5.74, 6) is 0. The van der Waals surface area contributed by atoms with E-state index in [1.807, 2.05) is 0 Å². The standard InChI is InChI=1S/C13H29N3O/c1-2-13(5-6-14)16-10-8-15(9-11-16)7-3-4-12-17/h13,17H,2-12,14H2,1H3. The molecule has 1 rings (SSSR count). The van der Waals surface area contributed by atoms with Crippen molar-refractivity contribution in [1.82, 2.24) is 9.80 Å². The second kappa shape index (κ2) is 8.86. The number of unbranched alkanes of at least 4 members (excludes halogenated alkanes) is 1. The van der Waals surface area contributed by atoms with Crippen molar-refractivity contribution in [3.8, 4) is 0 Å². The van der Waals surface area contributed by atoms with Crippen LogP contribution in [-0.2, 0) is 0 Å². The summed E-state index contributed by atoms with van der Waals surface area (Å²) in [5.41, 5.74) is 5.66. The van der Waals surface area contributed by atoms with Crippen LogP contribution in [0.25, 0.3) is 0 Å². The van der Waals surface area contributed by atoms with Crippen LogP contribution in [-0.4, -0.2) is 66.8 Å². The molecule has 0 amide bonds. The third-order valence-corrected chi connectivity index (χ3v) is 3.78. The highest BCUT2D eigenvalue weighted by atomic mass is 16.2. The molecule has 102 valence electrons. The van der Waals surface area contributed by atoms with Gasteiger partial charge in [-0.15, -0.1) is 0 Å². The second-order valence-corrected chi connectivity index (χ2v) is 4.95. The van der Waals surface area contributed by atoms with Crippen molar-refractivity contribution in [3.05, 3.63) is 0 Å². The Morgan fingerprint density at radius 3 is 2.41 bits per heavy atom. The van der Waals surface area contributed by atoms with Gasteiger partial charge in [0.05, 0.1) is 0 Å². The smallest absolute Gasteiger partial charge is 0.0431 e. The molecule has 1 unspecified atom stereocenters. The summed E-state index contributed by atoms with van der Waals surface area (Å²) in [5, 5.41) is 8.76. The van der Waals surface area contributed by atoms with E-state index in [1.54, 1.807) is 0 Å². The minimum absolute atomic E-state index is 0.328. The zero-order valence-electron chi connectivity index (χ0n) is 11.3. The lowest BCUT2D eigenvalue weighted by Crippen LogP contribution is -2.50. The molecule has 0 aliphatic carbocycles. The first kappa shape index (κ1) is 14.9. The molecule has 1 saturated heterocycles. The van der Waals surface area contributed by atoms with Gasteiger partial charge in [0, 0.05) is 38.8 Å². The molecule has 4 heteroatoms. The van der Waals surface area contributed by atoms with E-state index >= 15 is 0 Å². The number of nitrogens with zero attached hydrogens (tertiary/aromatic N) is 2. The fraction of sp³-hybridized carbons (Fsp3) is 1.00. The molecule has 0 aromatic rings. The van der Waals surface area contributed by atoms with Gasteiger partial charge in [0.15, 0.2) is 0 Å². The van der Waals surface area contributed by atoms with E-state index in [-0.39, 0.29) is 0 Å². The first-order valence-corrected chi connectivity index (χ1v) is 7.09. The molecule has 1 heterocycles. The fourth-order valence-electron chi connectivity index (χ4n) is 2.64. The third-order valence-electron chi connectivity index (χ3n) is 3.78. The van der Waals surface area contributed by atoms with E-state index in [4.69, 9.17) is 10.8 Å². The molecule has 0 radical (unpaired) electrons. The maximum Gasteiger partial charge on any atom is 0.0431 e. The normalized spacial score (nSPS) is 20.6. The van der Waals surface area contributed by atoms with Gasteiger partial charge < -0.3 is 15.7 Å². The van der Waals surface area contributed by atoms with Crippen molar-refractivity contribution >= 4 is 0 Å². The molecule has 1 aliphatic rings. The second-order valence-electron chi connectivity index (χ2n) is 4.95. The summed E-state index contributed by atoms with van der Waals surface area (Å²) >= 11 is 0. The monoisotopic (exact) mass is 243 g/mol. The molecule has 1 fully saturated rings. The van der Waals surface area contributed by atoms with Gasteiger partial charge >= 0.3 is 0 Å². The van der Waals surface area contributed by atoms with Gasteiger partial charge in [-0.05, 0) is 38.8 Å². The van der Waals surface area contributed by atoms with Gasteiger partial charge in [-0.1, -0.05) is 6.92 Å². The number of rotatable bonds is 8. The average molecular weight is 243 g/mol. The largest absolute Gasteiger partial charge is 0.396 e. The van der Waals surface area contributed by atoms with E-state index in [2.05, 4.69) is 16.7 Å². The Bertz CT molecular complexity index is 182. The van der Waals surface area contributed by atoms with Gasteiger partial charge in [-0.2, -0.15) is 0 Å². The maximum atomic E-state index is 8.76. The lowest BCUT2D eigenvalue weighted by Gasteiger charge is -2.39. The third kappa shape index (κ3) is 5.34. The van der Waals surface area contributed by atoms with Crippen LogP contribution in [0.1, 0.15) is 32.6 Å². The lowest BCUT2D eigenvalue weighted by atomic mass is 10.1. The van der Waals surface area contributed by atoms with E-state index in [1.165, 1.54) is 32.6 Å². The highest BCUT2D eigenvalue weighted by molar-refractivity contribution is 4.78. The lowest BCUT2D eigenvalue weighted by molar-refractivity contribution is 0.0891. The quantitative estimate of drug-likeness (QED) is 0.610. The number of aliphatic hydroxyl groups excluding tert-OH is 1. The van der Waals surface area contributed by atoms with Gasteiger partial charge in [0.1, 0.15) is 0 Å². The van der Waals surface area contributed by atoms with Crippen LogP contribution in [0.3, 0.4) is 0 Å². The molecule has 0 aromatic heterocycles. The molecular weight excluding hydrogens is 214 g/mol. The zero-order chi connectivity index (χ0) is 12.5. The van der Waals surface area contributed by atoms with Crippen molar-refractivity contribution in [2.24, 2.45) is 5.73 Å². The molecule has 0 bridgehead atoms. The van der Waals surface area contributed by atoms with Gasteiger partial charge in [0.2, 0.25) is 0 Å². The van der Waals surface area contributed by atoms with Crippen LogP contribution in [0.2, 0.25) is 0 Å². The van der Waals surface area contributed by atoms with Crippen LogP contribution < -0.4 is 5.73 Å². The van der Waals surface area contributed by atoms with E-state index in [0.717, 1.165) is 32.4 Å². The number of piperazine rings is 1. The van der Waals surface area contributed by atoms with Gasteiger partial charge in [-0.3, -0.25) is 4.90 Å². The molecule has 0 aromatic carbocycles. The SMILES string of the molecule is CCC(CCN)N1CCN(CCCCO)CC1. The Labute approximate surface area is 106 Å². The van der Waals surface area contributed by atoms with Crippen molar-refractivity contribution < 1.29 is 5.11 Å². The van der Waals surface area contributed by atoms with Crippen LogP contribution in [0.15, 0.2) is 0 Å². The minimum atomic E-state index is 0.328. The number of hydrogen-bond donors (Lipinski definition) is 2. The first-order valence-electron chi connectivity index (χ1n) is 7.09. The Morgan fingerprint density at radius 1 is 1.18 bits per heavy atom. The summed E-state index contributed by atoms with van der Waals surface area (Å²) in [6, 6.07) is 0.680. The first-order chi connectivity index (χ1) is 8.31. The number of nitrogens with two attached hydrogens (primary N) is 1. The summed E-state index contributed by atoms with van der Waals surface area (Å²) < 4.78 is 0. The number of aliphatic hydroxyl groups is 1. The fourth-order valence-corrected chi connectivity index (χ4v) is 2.64. The highest BCUT2D eigenvalue weighted by Crippen LogP contribution is 2.12. The Hall–Kier alpha value is -0.160. The molecule has 4 nitrogen and oxygen atoms in total. The molecule has 1 atom stereocenters. The summed E-state index contributed by atoms with van der Waals surface area (Å²) in [6.45, 7) is 9.23. The van der Waals surface area contributed by atoms with Gasteiger partial charge in [0.25, 0.3) is 0 Å². The van der Waals surface area contributed by atoms with Crippen molar-refractivity contribution in [1.29, 1.82) is 0 Å². The highest BCUT2D eigenvalue weighted by Gasteiger charge is 2.21. The van der Waals surface area contributed by atoms with Crippen LogP contribution >= 0.6 is 0 Å². The van der Waals surface area contributed by atoms with Crippen LogP contribution in [0, 0.1) is 0 Å². The summed E-state index contributed by atoms with van der Waals surface area (Å²) in [7, 11) is 0. The van der Waals surface area contributed by atoms with E-state index in [0.29, 0.717) is 12.6 Å². The molecular formula is C13H29N3O. The minimum Gasteiger partial charge on any atom is -0.396 e. The van der Waals surface area contributed by atoms with E-state index in [9.17, 15) is 0 Å². The summed E-state index contributed by atoms with van der Waals surface area (Å²) in [6.07, 6.45) is 4.39. The molecule has 3 N–H and O–H groups in total. The maximum absolute atomic E-state index is 8.76. The van der Waals surface area contributed by atoms with E-state index < -0.39 is 0 Å². The molecule has 1 aliphatic heterocycles. The van der Waals surface area contributed by atoms with Crippen LogP contribution in [0.5, 0.6) is 0 Å².